The molecule has 5 heteroatoms. The van der Waals surface area contributed by atoms with Crippen molar-refractivity contribution in [3.63, 3.8) is 0 Å². The van der Waals surface area contributed by atoms with Crippen LogP contribution in [0, 0.1) is 17.5 Å². The minimum Gasteiger partial charge on any atom is -0.329 e. The molecule has 0 heterocycles. The fourth-order valence-electron chi connectivity index (χ4n) is 2.41. The summed E-state index contributed by atoms with van der Waals surface area (Å²) < 4.78 is 39.9. The van der Waals surface area contributed by atoms with Crippen LogP contribution in [0.3, 0.4) is 0 Å². The Morgan fingerprint density at radius 2 is 1.48 bits per heavy atom. The number of benzene rings is 1. The molecule has 2 nitrogen and oxygen atoms in total. The van der Waals surface area contributed by atoms with Gasteiger partial charge < -0.3 is 5.73 Å². The molecule has 1 rings (SSSR count). The molecule has 0 aromatic heterocycles. The second kappa shape index (κ2) is 9.05. The molecule has 0 saturated carbocycles. The van der Waals surface area contributed by atoms with E-state index in [1.807, 2.05) is 0 Å². The van der Waals surface area contributed by atoms with Crippen molar-refractivity contribution in [1.29, 1.82) is 0 Å². The fraction of sp³-hybridized carbons (Fsp3) is 0.625. The van der Waals surface area contributed by atoms with E-state index in [2.05, 4.69) is 18.7 Å². The Bertz CT molecular complexity index is 407. The zero-order valence-corrected chi connectivity index (χ0v) is 12.8. The van der Waals surface area contributed by atoms with Crippen molar-refractivity contribution in [3.05, 3.63) is 35.1 Å². The molecular formula is C16H25F3N2. The molecule has 1 aromatic carbocycles. The molecule has 120 valence electrons. The summed E-state index contributed by atoms with van der Waals surface area (Å²) in [6.45, 7) is 6.06. The van der Waals surface area contributed by atoms with E-state index in [0.29, 0.717) is 5.56 Å². The minimum atomic E-state index is -1.43. The normalized spacial score (nSPS) is 12.9. The van der Waals surface area contributed by atoms with Gasteiger partial charge in [0, 0.05) is 12.6 Å². The van der Waals surface area contributed by atoms with Crippen LogP contribution in [-0.4, -0.2) is 24.5 Å². The monoisotopic (exact) mass is 302 g/mol. The highest BCUT2D eigenvalue weighted by Gasteiger charge is 2.21. The standard InChI is InChI=1S/C16H25F3N2/c1-3-5-7-21(8-6-4-2)15(11-20)12-9-13(17)16(19)14(18)10-12/h9-10,15H,3-8,11,20H2,1-2H3. The van der Waals surface area contributed by atoms with Crippen LogP contribution in [0.15, 0.2) is 12.1 Å². The Labute approximate surface area is 125 Å². The van der Waals surface area contributed by atoms with Gasteiger partial charge in [-0.15, -0.1) is 0 Å². The predicted octanol–water partition coefficient (Wildman–Crippen LogP) is 4.01. The summed E-state index contributed by atoms with van der Waals surface area (Å²) in [5.74, 6) is -3.74. The van der Waals surface area contributed by atoms with E-state index in [1.54, 1.807) is 0 Å². The first-order valence-corrected chi connectivity index (χ1v) is 7.63. The fourth-order valence-corrected chi connectivity index (χ4v) is 2.41. The molecule has 1 atom stereocenters. The third kappa shape index (κ3) is 5.00. The van der Waals surface area contributed by atoms with E-state index in [0.717, 1.165) is 50.9 Å². The molecule has 21 heavy (non-hydrogen) atoms. The van der Waals surface area contributed by atoms with Gasteiger partial charge in [0.25, 0.3) is 0 Å². The topological polar surface area (TPSA) is 29.3 Å². The van der Waals surface area contributed by atoms with Crippen molar-refractivity contribution in [3.8, 4) is 0 Å². The first-order chi connectivity index (χ1) is 10.0. The predicted molar refractivity (Wildman–Crippen MR) is 79.5 cm³/mol. The Kier molecular flexibility index (Phi) is 7.75. The second-order valence-electron chi connectivity index (χ2n) is 5.29. The molecule has 0 saturated heterocycles. The van der Waals surface area contributed by atoms with Gasteiger partial charge in [-0.05, 0) is 43.6 Å². The summed E-state index contributed by atoms with van der Waals surface area (Å²) in [6.07, 6.45) is 4.05. The van der Waals surface area contributed by atoms with Crippen LogP contribution >= 0.6 is 0 Å². The van der Waals surface area contributed by atoms with E-state index in [-0.39, 0.29) is 12.6 Å². The maximum absolute atomic E-state index is 13.4. The number of hydrogen-bond donors (Lipinski definition) is 1. The summed E-state index contributed by atoms with van der Waals surface area (Å²) in [4.78, 5) is 2.14. The lowest BCUT2D eigenvalue weighted by atomic mass is 10.0. The van der Waals surface area contributed by atoms with Crippen LogP contribution in [0.1, 0.15) is 51.1 Å². The van der Waals surface area contributed by atoms with Crippen molar-refractivity contribution in [2.24, 2.45) is 5.73 Å². The number of halogens is 3. The van der Waals surface area contributed by atoms with E-state index >= 15 is 0 Å². The van der Waals surface area contributed by atoms with Gasteiger partial charge in [-0.1, -0.05) is 26.7 Å². The molecular weight excluding hydrogens is 277 g/mol. The molecule has 0 radical (unpaired) electrons. The van der Waals surface area contributed by atoms with E-state index in [1.165, 1.54) is 0 Å². The van der Waals surface area contributed by atoms with E-state index < -0.39 is 17.5 Å². The zero-order valence-electron chi connectivity index (χ0n) is 12.8. The number of nitrogens with zero attached hydrogens (tertiary/aromatic N) is 1. The smallest absolute Gasteiger partial charge is 0.194 e. The average Bonchev–Trinajstić information content (AvgIpc) is 2.47. The summed E-state index contributed by atoms with van der Waals surface area (Å²) in [5, 5.41) is 0. The van der Waals surface area contributed by atoms with Crippen LogP contribution in [0.2, 0.25) is 0 Å². The van der Waals surface area contributed by atoms with Crippen LogP contribution in [0.5, 0.6) is 0 Å². The quantitative estimate of drug-likeness (QED) is 0.698. The van der Waals surface area contributed by atoms with Gasteiger partial charge >= 0.3 is 0 Å². The molecule has 0 aliphatic heterocycles. The van der Waals surface area contributed by atoms with Gasteiger partial charge in [0.15, 0.2) is 17.5 Å². The third-order valence-electron chi connectivity index (χ3n) is 3.65. The van der Waals surface area contributed by atoms with Crippen molar-refractivity contribution in [2.45, 2.75) is 45.6 Å². The molecule has 0 aliphatic carbocycles. The number of hydrogen-bond acceptors (Lipinski definition) is 2. The van der Waals surface area contributed by atoms with Gasteiger partial charge in [-0.2, -0.15) is 0 Å². The minimum absolute atomic E-state index is 0.248. The highest BCUT2D eigenvalue weighted by atomic mass is 19.2. The summed E-state index contributed by atoms with van der Waals surface area (Å²) >= 11 is 0. The summed E-state index contributed by atoms with van der Waals surface area (Å²) in [7, 11) is 0. The van der Waals surface area contributed by atoms with Crippen LogP contribution in [0.25, 0.3) is 0 Å². The lowest BCUT2D eigenvalue weighted by Gasteiger charge is -2.31. The van der Waals surface area contributed by atoms with Crippen molar-refractivity contribution >= 4 is 0 Å². The average molecular weight is 302 g/mol. The molecule has 0 spiro atoms. The number of rotatable bonds is 9. The Morgan fingerprint density at radius 1 is 1.00 bits per heavy atom. The Morgan fingerprint density at radius 3 is 1.86 bits per heavy atom. The molecule has 1 aromatic rings. The molecule has 2 N–H and O–H groups in total. The highest BCUT2D eigenvalue weighted by Crippen LogP contribution is 2.24. The van der Waals surface area contributed by atoms with Gasteiger partial charge in [-0.25, -0.2) is 13.2 Å². The molecule has 0 amide bonds. The summed E-state index contributed by atoms with van der Waals surface area (Å²) in [5.41, 5.74) is 6.21. The number of unbranched alkanes of at least 4 members (excludes halogenated alkanes) is 2. The van der Waals surface area contributed by atoms with Gasteiger partial charge in [0.05, 0.1) is 0 Å². The van der Waals surface area contributed by atoms with Gasteiger partial charge in [0.2, 0.25) is 0 Å². The maximum Gasteiger partial charge on any atom is 0.194 e. The van der Waals surface area contributed by atoms with Crippen LogP contribution < -0.4 is 5.73 Å². The van der Waals surface area contributed by atoms with Crippen molar-refractivity contribution in [2.75, 3.05) is 19.6 Å². The lowest BCUT2D eigenvalue weighted by Crippen LogP contribution is -2.35. The van der Waals surface area contributed by atoms with E-state index in [4.69, 9.17) is 5.73 Å². The first kappa shape index (κ1) is 18.0. The molecule has 0 bridgehead atoms. The van der Waals surface area contributed by atoms with Gasteiger partial charge in [-0.3, -0.25) is 4.90 Å². The van der Waals surface area contributed by atoms with Crippen LogP contribution in [-0.2, 0) is 0 Å². The first-order valence-electron chi connectivity index (χ1n) is 7.63. The lowest BCUT2D eigenvalue weighted by molar-refractivity contribution is 0.194. The largest absolute Gasteiger partial charge is 0.329 e. The van der Waals surface area contributed by atoms with Crippen molar-refractivity contribution in [1.82, 2.24) is 4.90 Å². The van der Waals surface area contributed by atoms with Gasteiger partial charge in [0.1, 0.15) is 0 Å². The maximum atomic E-state index is 13.4. The highest BCUT2D eigenvalue weighted by molar-refractivity contribution is 5.23. The zero-order chi connectivity index (χ0) is 15.8. The second-order valence-corrected chi connectivity index (χ2v) is 5.29. The Hall–Kier alpha value is -1.07. The molecule has 0 aliphatic rings. The molecule has 0 fully saturated rings. The molecule has 1 unspecified atom stereocenters. The van der Waals surface area contributed by atoms with E-state index in [9.17, 15) is 13.2 Å². The Balaban J connectivity index is 3.00. The SMILES string of the molecule is CCCCN(CCCC)C(CN)c1cc(F)c(F)c(F)c1. The summed E-state index contributed by atoms with van der Waals surface area (Å²) in [6, 6.07) is 1.83. The van der Waals surface area contributed by atoms with Crippen molar-refractivity contribution < 1.29 is 13.2 Å². The third-order valence-corrected chi connectivity index (χ3v) is 3.65. The number of nitrogens with two attached hydrogens (primary N) is 1. The van der Waals surface area contributed by atoms with Crippen LogP contribution in [0.4, 0.5) is 13.2 Å².